The van der Waals surface area contributed by atoms with E-state index in [9.17, 15) is 4.79 Å². The number of hydrogen-bond donors (Lipinski definition) is 0. The van der Waals surface area contributed by atoms with E-state index in [4.69, 9.17) is 9.47 Å². The number of benzene rings is 2. The second kappa shape index (κ2) is 8.27. The van der Waals surface area contributed by atoms with E-state index in [2.05, 4.69) is 29.2 Å². The van der Waals surface area contributed by atoms with Crippen LogP contribution in [0.15, 0.2) is 54.6 Å². The summed E-state index contributed by atoms with van der Waals surface area (Å²) in [6.07, 6.45) is 4.54. The summed E-state index contributed by atoms with van der Waals surface area (Å²) in [5.74, 6) is 1.55. The molecule has 5 heteroatoms. The van der Waals surface area contributed by atoms with Gasteiger partial charge in [0.25, 0.3) is 0 Å². The predicted molar refractivity (Wildman–Crippen MR) is 105 cm³/mol. The van der Waals surface area contributed by atoms with Crippen molar-refractivity contribution >= 4 is 12.0 Å². The number of carbonyl (C=O) groups excluding carboxylic acids is 1. The SMILES string of the molecule is O=C(/C=C/c1ccc2c(c1)OCO2)N1CCN(CCc2ccccc2)CC1. The third-order valence-corrected chi connectivity index (χ3v) is 5.06. The third kappa shape index (κ3) is 4.49. The minimum atomic E-state index is 0.0652. The summed E-state index contributed by atoms with van der Waals surface area (Å²) in [6.45, 7) is 4.71. The Morgan fingerprint density at radius 2 is 1.74 bits per heavy atom. The molecule has 0 N–H and O–H groups in total. The molecule has 0 spiro atoms. The predicted octanol–water partition coefficient (Wildman–Crippen LogP) is 2.82. The molecular formula is C22H24N2O3. The zero-order valence-corrected chi connectivity index (χ0v) is 15.3. The van der Waals surface area contributed by atoms with Gasteiger partial charge >= 0.3 is 0 Å². The van der Waals surface area contributed by atoms with E-state index in [1.54, 1.807) is 6.08 Å². The standard InChI is InChI=1S/C22H24N2O3/c25-22(9-7-19-6-8-20-21(16-19)27-17-26-20)24-14-12-23(13-15-24)11-10-18-4-2-1-3-5-18/h1-9,16H,10-15,17H2/b9-7+. The Bertz CT molecular complexity index is 812. The lowest BCUT2D eigenvalue weighted by Gasteiger charge is -2.34. The lowest BCUT2D eigenvalue weighted by molar-refractivity contribution is -0.127. The van der Waals surface area contributed by atoms with Gasteiger partial charge in [0.1, 0.15) is 0 Å². The quantitative estimate of drug-likeness (QED) is 0.765. The molecule has 1 fully saturated rings. The van der Waals surface area contributed by atoms with Crippen molar-refractivity contribution in [2.75, 3.05) is 39.5 Å². The summed E-state index contributed by atoms with van der Waals surface area (Å²) in [5, 5.41) is 0. The Kier molecular flexibility index (Phi) is 5.39. The van der Waals surface area contributed by atoms with Crippen LogP contribution < -0.4 is 9.47 Å². The first kappa shape index (κ1) is 17.6. The number of carbonyl (C=O) groups is 1. The molecule has 140 valence electrons. The molecule has 0 bridgehead atoms. The van der Waals surface area contributed by atoms with E-state index in [-0.39, 0.29) is 12.7 Å². The van der Waals surface area contributed by atoms with Crippen LogP contribution in [-0.2, 0) is 11.2 Å². The van der Waals surface area contributed by atoms with Gasteiger partial charge in [-0.25, -0.2) is 0 Å². The molecule has 4 rings (SSSR count). The largest absolute Gasteiger partial charge is 0.454 e. The van der Waals surface area contributed by atoms with Crippen molar-refractivity contribution < 1.29 is 14.3 Å². The highest BCUT2D eigenvalue weighted by Gasteiger charge is 2.19. The van der Waals surface area contributed by atoms with Gasteiger partial charge in [-0.2, -0.15) is 0 Å². The normalized spacial score (nSPS) is 16.8. The molecule has 1 saturated heterocycles. The molecule has 0 saturated carbocycles. The van der Waals surface area contributed by atoms with E-state index in [0.29, 0.717) is 0 Å². The molecule has 0 atom stereocenters. The second-order valence-electron chi connectivity index (χ2n) is 6.85. The Hall–Kier alpha value is -2.79. The molecule has 0 aromatic heterocycles. The minimum Gasteiger partial charge on any atom is -0.454 e. The number of piperazine rings is 1. The van der Waals surface area contributed by atoms with Crippen molar-refractivity contribution in [3.05, 3.63) is 65.7 Å². The lowest BCUT2D eigenvalue weighted by atomic mass is 10.1. The fraction of sp³-hybridized carbons (Fsp3) is 0.318. The summed E-state index contributed by atoms with van der Waals surface area (Å²) in [5.41, 5.74) is 2.30. The molecule has 0 radical (unpaired) electrons. The molecule has 1 amide bonds. The summed E-state index contributed by atoms with van der Waals surface area (Å²) < 4.78 is 10.7. The minimum absolute atomic E-state index is 0.0652. The van der Waals surface area contributed by atoms with Crippen LogP contribution >= 0.6 is 0 Å². The van der Waals surface area contributed by atoms with Crippen LogP contribution in [0.1, 0.15) is 11.1 Å². The van der Waals surface area contributed by atoms with Crippen molar-refractivity contribution in [1.29, 1.82) is 0 Å². The lowest BCUT2D eigenvalue weighted by Crippen LogP contribution is -2.48. The van der Waals surface area contributed by atoms with Crippen LogP contribution in [0.25, 0.3) is 6.08 Å². The molecule has 0 aliphatic carbocycles. The number of ether oxygens (including phenoxy) is 2. The third-order valence-electron chi connectivity index (χ3n) is 5.06. The van der Waals surface area contributed by atoms with Crippen LogP contribution in [0.4, 0.5) is 0 Å². The van der Waals surface area contributed by atoms with Crippen LogP contribution in [0.2, 0.25) is 0 Å². The maximum Gasteiger partial charge on any atom is 0.246 e. The molecule has 5 nitrogen and oxygen atoms in total. The van der Waals surface area contributed by atoms with Crippen molar-refractivity contribution in [1.82, 2.24) is 9.80 Å². The van der Waals surface area contributed by atoms with Crippen molar-refractivity contribution in [2.24, 2.45) is 0 Å². The van der Waals surface area contributed by atoms with E-state index in [1.807, 2.05) is 35.2 Å². The summed E-state index contributed by atoms with van der Waals surface area (Å²) in [7, 11) is 0. The number of fused-ring (bicyclic) bond motifs is 1. The Labute approximate surface area is 159 Å². The van der Waals surface area contributed by atoms with Gasteiger partial charge in [0.2, 0.25) is 12.7 Å². The Balaban J connectivity index is 1.25. The molecule has 2 aliphatic heterocycles. The molecule has 2 aromatic rings. The van der Waals surface area contributed by atoms with Crippen molar-refractivity contribution in [3.8, 4) is 11.5 Å². The molecule has 2 aromatic carbocycles. The first-order valence-corrected chi connectivity index (χ1v) is 9.41. The van der Waals surface area contributed by atoms with E-state index in [1.165, 1.54) is 5.56 Å². The number of hydrogen-bond acceptors (Lipinski definition) is 4. The fourth-order valence-electron chi connectivity index (χ4n) is 3.41. The average Bonchev–Trinajstić information content (AvgIpc) is 3.19. The van der Waals surface area contributed by atoms with Crippen LogP contribution in [0.3, 0.4) is 0 Å². The molecule has 0 unspecified atom stereocenters. The van der Waals surface area contributed by atoms with Gasteiger partial charge in [-0.1, -0.05) is 36.4 Å². The highest BCUT2D eigenvalue weighted by Crippen LogP contribution is 2.32. The monoisotopic (exact) mass is 364 g/mol. The first-order chi connectivity index (χ1) is 13.3. The fourth-order valence-corrected chi connectivity index (χ4v) is 3.41. The topological polar surface area (TPSA) is 42.0 Å². The Morgan fingerprint density at radius 1 is 0.963 bits per heavy atom. The Morgan fingerprint density at radius 3 is 2.56 bits per heavy atom. The summed E-state index contributed by atoms with van der Waals surface area (Å²) in [4.78, 5) is 16.8. The summed E-state index contributed by atoms with van der Waals surface area (Å²) >= 11 is 0. The number of rotatable bonds is 5. The zero-order valence-electron chi connectivity index (χ0n) is 15.3. The van der Waals surface area contributed by atoms with Gasteiger partial charge in [0, 0.05) is 38.8 Å². The van der Waals surface area contributed by atoms with Gasteiger partial charge < -0.3 is 14.4 Å². The highest BCUT2D eigenvalue weighted by molar-refractivity contribution is 5.92. The number of amides is 1. The van der Waals surface area contributed by atoms with Gasteiger partial charge in [-0.05, 0) is 35.8 Å². The molecule has 2 heterocycles. The van der Waals surface area contributed by atoms with Gasteiger partial charge in [-0.15, -0.1) is 0 Å². The zero-order chi connectivity index (χ0) is 18.5. The first-order valence-electron chi connectivity index (χ1n) is 9.41. The van der Waals surface area contributed by atoms with Gasteiger partial charge in [0.15, 0.2) is 11.5 Å². The average molecular weight is 364 g/mol. The van der Waals surface area contributed by atoms with E-state index >= 15 is 0 Å². The van der Waals surface area contributed by atoms with Crippen LogP contribution in [0.5, 0.6) is 11.5 Å². The number of nitrogens with zero attached hydrogens (tertiary/aromatic N) is 2. The highest BCUT2D eigenvalue weighted by atomic mass is 16.7. The van der Waals surface area contributed by atoms with Crippen LogP contribution in [-0.4, -0.2) is 55.2 Å². The molecule has 27 heavy (non-hydrogen) atoms. The molecule has 2 aliphatic rings. The van der Waals surface area contributed by atoms with E-state index in [0.717, 1.165) is 56.2 Å². The van der Waals surface area contributed by atoms with E-state index < -0.39 is 0 Å². The summed E-state index contributed by atoms with van der Waals surface area (Å²) in [6, 6.07) is 16.2. The van der Waals surface area contributed by atoms with Gasteiger partial charge in [0.05, 0.1) is 0 Å². The van der Waals surface area contributed by atoms with Crippen molar-refractivity contribution in [3.63, 3.8) is 0 Å². The van der Waals surface area contributed by atoms with Crippen molar-refractivity contribution in [2.45, 2.75) is 6.42 Å². The second-order valence-corrected chi connectivity index (χ2v) is 6.85. The van der Waals surface area contributed by atoms with Gasteiger partial charge in [-0.3, -0.25) is 9.69 Å². The maximum atomic E-state index is 12.5. The maximum absolute atomic E-state index is 12.5. The smallest absolute Gasteiger partial charge is 0.246 e. The van der Waals surface area contributed by atoms with Crippen LogP contribution in [0, 0.1) is 0 Å². The molecular weight excluding hydrogens is 340 g/mol.